The van der Waals surface area contributed by atoms with Crippen molar-refractivity contribution >= 4 is 53.0 Å². The Bertz CT molecular complexity index is 265. The molecule has 0 aromatic carbocycles. The predicted molar refractivity (Wildman–Crippen MR) is 70.4 cm³/mol. The summed E-state index contributed by atoms with van der Waals surface area (Å²) < 4.78 is 0. The summed E-state index contributed by atoms with van der Waals surface area (Å²) in [5, 5.41) is 0.429. The van der Waals surface area contributed by atoms with Crippen molar-refractivity contribution in [2.45, 2.75) is 5.38 Å². The fourth-order valence-corrected chi connectivity index (χ4v) is 4.35. The number of hydrogen-bond donors (Lipinski definition) is 3. The van der Waals surface area contributed by atoms with Crippen molar-refractivity contribution in [3.05, 3.63) is 23.3 Å². The third kappa shape index (κ3) is 4.75. The first-order valence-electron chi connectivity index (χ1n) is 3.89. The summed E-state index contributed by atoms with van der Waals surface area (Å²) in [5.41, 5.74) is 0. The van der Waals surface area contributed by atoms with Crippen LogP contribution in [0.2, 0.25) is 0 Å². The van der Waals surface area contributed by atoms with Gasteiger partial charge in [-0.05, 0) is 0 Å². The molecule has 14 heavy (non-hydrogen) atoms. The van der Waals surface area contributed by atoms with Crippen molar-refractivity contribution in [2.24, 2.45) is 5.92 Å². The van der Waals surface area contributed by atoms with E-state index < -0.39 is 6.12 Å². The molecular weight excluding hydrogens is 282 g/mol. The summed E-state index contributed by atoms with van der Waals surface area (Å²) in [6.45, 7) is 0. The quantitative estimate of drug-likeness (QED) is 0.426. The first kappa shape index (κ1) is 13.2. The molecule has 7 heteroatoms. The molecule has 2 N–H and O–H groups in total. The Kier molecular flexibility index (Phi) is 5.12. The van der Waals surface area contributed by atoms with Crippen molar-refractivity contribution in [1.29, 1.82) is 0 Å². The van der Waals surface area contributed by atoms with Crippen LogP contribution in [0.15, 0.2) is 23.3 Å². The molecule has 1 aliphatic rings. The third-order valence-electron chi connectivity index (χ3n) is 1.70. The van der Waals surface area contributed by atoms with Crippen molar-refractivity contribution in [1.82, 2.24) is 0 Å². The van der Waals surface area contributed by atoms with Crippen LogP contribution in [0, 0.1) is 5.92 Å². The average molecular weight is 293 g/mol. The molecule has 2 atom stereocenters. The number of hydrogen-bond acceptors (Lipinski definition) is 4. The first-order valence-corrected chi connectivity index (χ1v) is 9.60. The molecule has 2 unspecified atom stereocenters. The molecule has 0 aromatic rings. The molecule has 0 spiro atoms. The van der Waals surface area contributed by atoms with Gasteiger partial charge in [-0.2, -0.15) is 0 Å². The normalized spacial score (nSPS) is 28.8. The molecule has 0 saturated heterocycles. The summed E-state index contributed by atoms with van der Waals surface area (Å²) in [4.78, 5) is 18.2. The van der Waals surface area contributed by atoms with Gasteiger partial charge in [0.05, 0.1) is 0 Å². The summed E-state index contributed by atoms with van der Waals surface area (Å²) in [7, 11) is 0. The number of rotatable bonds is 3. The second kappa shape index (κ2) is 5.44. The van der Waals surface area contributed by atoms with Crippen LogP contribution in [0.3, 0.4) is 0 Å². The van der Waals surface area contributed by atoms with Crippen LogP contribution in [0.25, 0.3) is 0 Å². The molecule has 0 fully saturated rings. The van der Waals surface area contributed by atoms with E-state index in [-0.39, 0.29) is 11.3 Å². The maximum atomic E-state index is 9.10. The van der Waals surface area contributed by atoms with Crippen LogP contribution < -0.4 is 0 Å². The number of thiol groups is 1. The monoisotopic (exact) mass is 292 g/mol. The van der Waals surface area contributed by atoms with Crippen molar-refractivity contribution in [2.75, 3.05) is 5.75 Å². The standard InChI is InChI=1S/C7H11Cl2O2PS2/c8-6-2-1-5(7(9)3-6)4-14-12(10,11)13/h1-3,5,7,10-13H,4H2. The van der Waals surface area contributed by atoms with Crippen molar-refractivity contribution < 1.29 is 9.79 Å². The molecular formula is C7H11Cl2O2PS2. The molecule has 0 heterocycles. The molecule has 1 aliphatic carbocycles. The summed E-state index contributed by atoms with van der Waals surface area (Å²) in [6, 6.07) is 0. The third-order valence-corrected chi connectivity index (χ3v) is 6.16. The minimum absolute atomic E-state index is 0.0718. The number of alkyl halides is 1. The molecule has 0 aliphatic heterocycles. The van der Waals surface area contributed by atoms with Gasteiger partial charge in [-0.25, -0.2) is 0 Å². The van der Waals surface area contributed by atoms with Gasteiger partial charge in [0.15, 0.2) is 0 Å². The summed E-state index contributed by atoms with van der Waals surface area (Å²) in [6.07, 6.45) is 2.06. The van der Waals surface area contributed by atoms with E-state index in [4.69, 9.17) is 33.0 Å². The van der Waals surface area contributed by atoms with E-state index in [1.165, 1.54) is 0 Å². The van der Waals surface area contributed by atoms with E-state index in [0.717, 1.165) is 11.4 Å². The summed E-state index contributed by atoms with van der Waals surface area (Å²) in [5.74, 6) is 0.608. The minimum atomic E-state index is -3.32. The molecule has 0 amide bonds. The predicted octanol–water partition coefficient (Wildman–Crippen LogP) is 2.96. The Hall–Kier alpha value is 1.11. The van der Waals surface area contributed by atoms with E-state index in [1.807, 2.05) is 6.08 Å². The van der Waals surface area contributed by atoms with E-state index in [9.17, 15) is 0 Å². The van der Waals surface area contributed by atoms with Gasteiger partial charge in [0.2, 0.25) is 0 Å². The van der Waals surface area contributed by atoms with Crippen LogP contribution in [0.5, 0.6) is 0 Å². The first-order chi connectivity index (χ1) is 6.38. The van der Waals surface area contributed by atoms with Gasteiger partial charge in [0.25, 0.3) is 0 Å². The maximum absolute atomic E-state index is 9.10. The Morgan fingerprint density at radius 1 is 1.57 bits per heavy atom. The van der Waals surface area contributed by atoms with Gasteiger partial charge >= 0.3 is 103 Å². The number of allylic oxidation sites excluding steroid dienone is 4. The Morgan fingerprint density at radius 2 is 2.21 bits per heavy atom. The molecule has 2 nitrogen and oxygen atoms in total. The molecule has 0 bridgehead atoms. The topological polar surface area (TPSA) is 40.5 Å². The van der Waals surface area contributed by atoms with Crippen LogP contribution in [-0.2, 0) is 0 Å². The van der Waals surface area contributed by atoms with Crippen LogP contribution in [-0.4, -0.2) is 20.9 Å². The zero-order chi connectivity index (χ0) is 10.8. The molecule has 0 radical (unpaired) electrons. The second-order valence-corrected chi connectivity index (χ2v) is 11.0. The van der Waals surface area contributed by atoms with Gasteiger partial charge in [0, 0.05) is 0 Å². The summed E-state index contributed by atoms with van der Waals surface area (Å²) >= 11 is 16.5. The van der Waals surface area contributed by atoms with Gasteiger partial charge in [-0.1, -0.05) is 0 Å². The van der Waals surface area contributed by atoms with Crippen molar-refractivity contribution in [3.8, 4) is 0 Å². The van der Waals surface area contributed by atoms with E-state index in [0.29, 0.717) is 10.8 Å². The molecule has 1 rings (SSSR count). The van der Waals surface area contributed by atoms with Crippen LogP contribution in [0.1, 0.15) is 0 Å². The van der Waals surface area contributed by atoms with Gasteiger partial charge in [-0.15, -0.1) is 0 Å². The van der Waals surface area contributed by atoms with E-state index in [1.54, 1.807) is 12.2 Å². The van der Waals surface area contributed by atoms with E-state index in [2.05, 4.69) is 12.2 Å². The second-order valence-electron chi connectivity index (χ2n) is 2.90. The molecule has 0 aromatic heterocycles. The van der Waals surface area contributed by atoms with Crippen LogP contribution in [0.4, 0.5) is 0 Å². The molecule has 82 valence electrons. The van der Waals surface area contributed by atoms with Crippen molar-refractivity contribution in [3.63, 3.8) is 0 Å². The Labute approximate surface area is 103 Å². The Balaban J connectivity index is 2.45. The fraction of sp³-hybridized carbons (Fsp3) is 0.429. The fourth-order valence-electron chi connectivity index (χ4n) is 1.01. The van der Waals surface area contributed by atoms with Crippen LogP contribution >= 0.6 is 53.0 Å². The zero-order valence-corrected chi connectivity index (χ0v) is 11.3. The Morgan fingerprint density at radius 3 is 2.71 bits per heavy atom. The van der Waals surface area contributed by atoms with Gasteiger partial charge in [0.1, 0.15) is 0 Å². The zero-order valence-electron chi connectivity index (χ0n) is 7.10. The van der Waals surface area contributed by atoms with Gasteiger partial charge < -0.3 is 0 Å². The average Bonchev–Trinajstić information content (AvgIpc) is 2.00. The SMILES string of the molecule is O[PH](O)(S)SCC1C=CC(Cl)=CC1Cl. The van der Waals surface area contributed by atoms with Gasteiger partial charge in [-0.3, -0.25) is 0 Å². The van der Waals surface area contributed by atoms with E-state index >= 15 is 0 Å². The number of halogens is 2. The molecule has 0 saturated carbocycles.